The quantitative estimate of drug-likeness (QED) is 0.700. The van der Waals surface area contributed by atoms with Crippen LogP contribution in [0.15, 0.2) is 53.9 Å². The molecule has 2 heterocycles. The lowest BCUT2D eigenvalue weighted by atomic mass is 10.2. The lowest BCUT2D eigenvalue weighted by Gasteiger charge is -2.19. The van der Waals surface area contributed by atoms with Gasteiger partial charge in [-0.2, -0.15) is 0 Å². The minimum atomic E-state index is -0.139. The van der Waals surface area contributed by atoms with E-state index in [9.17, 15) is 9.59 Å². The monoisotopic (exact) mass is 391 g/mol. The molecule has 0 spiro atoms. The lowest BCUT2D eigenvalue weighted by molar-refractivity contribution is -0.117. The summed E-state index contributed by atoms with van der Waals surface area (Å²) >= 11 is 1.54. The molecule has 1 N–H and O–H groups in total. The van der Waals surface area contributed by atoms with Crippen molar-refractivity contribution in [1.29, 1.82) is 0 Å². The molecule has 0 aliphatic carbocycles. The van der Waals surface area contributed by atoms with Gasteiger partial charge in [-0.3, -0.25) is 9.59 Å². The van der Waals surface area contributed by atoms with Gasteiger partial charge in [0.2, 0.25) is 11.8 Å². The second kappa shape index (κ2) is 7.94. The number of hydrogen-bond donors (Lipinski definition) is 1. The first-order chi connectivity index (χ1) is 13.6. The van der Waals surface area contributed by atoms with Crippen LogP contribution in [0, 0.1) is 6.92 Å². The Morgan fingerprint density at radius 3 is 2.71 bits per heavy atom. The molecular formula is C22H21N3O2S. The number of aryl methyl sites for hydroxylation is 1. The Kier molecular flexibility index (Phi) is 5.21. The first-order valence-electron chi connectivity index (χ1n) is 9.31. The van der Waals surface area contributed by atoms with Gasteiger partial charge in [-0.05, 0) is 25.5 Å². The van der Waals surface area contributed by atoms with E-state index in [1.165, 1.54) is 16.9 Å². The molecule has 0 unspecified atom stereocenters. The number of nitrogens with zero attached hydrogens (tertiary/aromatic N) is 2. The molecule has 0 saturated carbocycles. The Morgan fingerprint density at radius 1 is 1.18 bits per heavy atom. The fraction of sp³-hybridized carbons (Fsp3) is 0.227. The van der Waals surface area contributed by atoms with E-state index in [2.05, 4.69) is 29.4 Å². The smallest absolute Gasteiger partial charge is 0.230 e. The van der Waals surface area contributed by atoms with Gasteiger partial charge in [-0.25, -0.2) is 4.98 Å². The van der Waals surface area contributed by atoms with Crippen molar-refractivity contribution in [2.24, 2.45) is 0 Å². The van der Waals surface area contributed by atoms with Gasteiger partial charge in [0.05, 0.1) is 23.5 Å². The SMILES string of the molecule is Cc1ccc(-c2nc(CC(=O)Nc3ccccc3N3CCCC3=O)cs2)cc1. The van der Waals surface area contributed by atoms with Crippen molar-refractivity contribution in [3.05, 3.63) is 65.2 Å². The number of para-hydroxylation sites is 2. The number of thiazole rings is 1. The molecule has 2 aromatic carbocycles. The predicted molar refractivity (Wildman–Crippen MR) is 113 cm³/mol. The zero-order valence-electron chi connectivity index (χ0n) is 15.6. The van der Waals surface area contributed by atoms with Gasteiger partial charge in [-0.15, -0.1) is 11.3 Å². The van der Waals surface area contributed by atoms with Crippen LogP contribution in [-0.2, 0) is 16.0 Å². The average molecular weight is 391 g/mol. The van der Waals surface area contributed by atoms with Gasteiger partial charge in [0.25, 0.3) is 0 Å². The highest BCUT2D eigenvalue weighted by atomic mass is 32.1. The molecule has 5 nitrogen and oxygen atoms in total. The number of aromatic nitrogens is 1. The molecule has 4 rings (SSSR count). The molecule has 1 fully saturated rings. The molecule has 1 aromatic heterocycles. The zero-order valence-corrected chi connectivity index (χ0v) is 16.5. The molecule has 3 aromatic rings. The summed E-state index contributed by atoms with van der Waals surface area (Å²) in [5, 5.41) is 5.77. The summed E-state index contributed by atoms with van der Waals surface area (Å²) in [5.41, 5.74) is 4.43. The number of rotatable bonds is 5. The van der Waals surface area contributed by atoms with Crippen molar-refractivity contribution < 1.29 is 9.59 Å². The fourth-order valence-electron chi connectivity index (χ4n) is 3.29. The molecule has 0 bridgehead atoms. The number of hydrogen-bond acceptors (Lipinski definition) is 4. The maximum Gasteiger partial charge on any atom is 0.230 e. The molecule has 142 valence electrons. The third-order valence-corrected chi connectivity index (χ3v) is 5.67. The lowest BCUT2D eigenvalue weighted by Crippen LogP contribution is -2.26. The third-order valence-electron chi connectivity index (χ3n) is 4.73. The molecule has 0 atom stereocenters. The average Bonchev–Trinajstić information content (AvgIpc) is 3.32. The summed E-state index contributed by atoms with van der Waals surface area (Å²) in [6, 6.07) is 15.6. The summed E-state index contributed by atoms with van der Waals surface area (Å²) in [4.78, 5) is 31.0. The van der Waals surface area contributed by atoms with E-state index in [-0.39, 0.29) is 18.2 Å². The second-order valence-corrected chi connectivity index (χ2v) is 7.76. The molecule has 28 heavy (non-hydrogen) atoms. The van der Waals surface area contributed by atoms with Gasteiger partial charge in [-0.1, -0.05) is 42.0 Å². The number of amides is 2. The van der Waals surface area contributed by atoms with Crippen molar-refractivity contribution in [2.75, 3.05) is 16.8 Å². The Balaban J connectivity index is 1.46. The van der Waals surface area contributed by atoms with Gasteiger partial charge in [0.1, 0.15) is 5.01 Å². The highest BCUT2D eigenvalue weighted by Crippen LogP contribution is 2.30. The Morgan fingerprint density at radius 2 is 1.96 bits per heavy atom. The highest BCUT2D eigenvalue weighted by Gasteiger charge is 2.24. The Labute approximate surface area is 168 Å². The normalized spacial score (nSPS) is 13.8. The number of benzene rings is 2. The third kappa shape index (κ3) is 3.97. The minimum absolute atomic E-state index is 0.101. The van der Waals surface area contributed by atoms with E-state index in [0.29, 0.717) is 18.7 Å². The van der Waals surface area contributed by atoms with Crippen molar-refractivity contribution in [2.45, 2.75) is 26.2 Å². The standard InChI is InChI=1S/C22H21N3O2S/c1-15-8-10-16(11-9-15)22-23-17(14-28-22)13-20(26)24-18-5-2-3-6-19(18)25-12-4-7-21(25)27/h2-3,5-6,8-11,14H,4,7,12-13H2,1H3,(H,24,26). The molecular weight excluding hydrogens is 370 g/mol. The minimum Gasteiger partial charge on any atom is -0.324 e. The van der Waals surface area contributed by atoms with Crippen LogP contribution in [0.3, 0.4) is 0 Å². The van der Waals surface area contributed by atoms with Crippen LogP contribution in [-0.4, -0.2) is 23.3 Å². The molecule has 1 aliphatic heterocycles. The van der Waals surface area contributed by atoms with Crippen LogP contribution in [0.2, 0.25) is 0 Å². The number of carbonyl (C=O) groups is 2. The maximum absolute atomic E-state index is 12.6. The highest BCUT2D eigenvalue weighted by molar-refractivity contribution is 7.13. The van der Waals surface area contributed by atoms with Crippen molar-refractivity contribution in [3.63, 3.8) is 0 Å². The van der Waals surface area contributed by atoms with Crippen LogP contribution in [0.25, 0.3) is 10.6 Å². The number of anilines is 2. The molecule has 6 heteroatoms. The number of carbonyl (C=O) groups excluding carboxylic acids is 2. The van der Waals surface area contributed by atoms with Gasteiger partial charge in [0, 0.05) is 23.9 Å². The zero-order chi connectivity index (χ0) is 19.5. The van der Waals surface area contributed by atoms with E-state index < -0.39 is 0 Å². The maximum atomic E-state index is 12.6. The van der Waals surface area contributed by atoms with E-state index in [0.717, 1.165) is 28.4 Å². The van der Waals surface area contributed by atoms with Crippen LogP contribution in [0.5, 0.6) is 0 Å². The fourth-order valence-corrected chi connectivity index (χ4v) is 4.12. The van der Waals surface area contributed by atoms with Crippen molar-refractivity contribution in [1.82, 2.24) is 4.98 Å². The summed E-state index contributed by atoms with van der Waals surface area (Å²) in [6.45, 7) is 2.74. The largest absolute Gasteiger partial charge is 0.324 e. The molecule has 2 amide bonds. The molecule has 1 saturated heterocycles. The van der Waals surface area contributed by atoms with Crippen molar-refractivity contribution in [3.8, 4) is 10.6 Å². The van der Waals surface area contributed by atoms with Crippen LogP contribution >= 0.6 is 11.3 Å². The van der Waals surface area contributed by atoms with Crippen LogP contribution in [0.1, 0.15) is 24.1 Å². The van der Waals surface area contributed by atoms with Gasteiger partial charge in [0.15, 0.2) is 0 Å². The summed E-state index contributed by atoms with van der Waals surface area (Å²) in [6.07, 6.45) is 1.61. The molecule has 1 aliphatic rings. The number of nitrogens with one attached hydrogen (secondary N) is 1. The van der Waals surface area contributed by atoms with E-state index in [1.807, 2.05) is 41.8 Å². The summed E-state index contributed by atoms with van der Waals surface area (Å²) in [7, 11) is 0. The summed E-state index contributed by atoms with van der Waals surface area (Å²) < 4.78 is 0. The first-order valence-corrected chi connectivity index (χ1v) is 10.2. The Hall–Kier alpha value is -2.99. The summed E-state index contributed by atoms with van der Waals surface area (Å²) in [5.74, 6) is -0.0382. The predicted octanol–water partition coefficient (Wildman–Crippen LogP) is 4.43. The Bertz CT molecular complexity index is 1010. The van der Waals surface area contributed by atoms with Crippen LogP contribution in [0.4, 0.5) is 11.4 Å². The van der Waals surface area contributed by atoms with Gasteiger partial charge >= 0.3 is 0 Å². The van der Waals surface area contributed by atoms with E-state index in [4.69, 9.17) is 0 Å². The topological polar surface area (TPSA) is 62.3 Å². The second-order valence-electron chi connectivity index (χ2n) is 6.90. The van der Waals surface area contributed by atoms with Gasteiger partial charge < -0.3 is 10.2 Å². The van der Waals surface area contributed by atoms with Crippen LogP contribution < -0.4 is 10.2 Å². The van der Waals surface area contributed by atoms with Crippen molar-refractivity contribution >= 4 is 34.5 Å². The van der Waals surface area contributed by atoms with E-state index in [1.54, 1.807) is 4.90 Å². The van der Waals surface area contributed by atoms with E-state index >= 15 is 0 Å². The molecule has 0 radical (unpaired) electrons. The first kappa shape index (κ1) is 18.4.